The van der Waals surface area contributed by atoms with Crippen LogP contribution in [0.15, 0.2) is 24.3 Å². The highest BCUT2D eigenvalue weighted by Crippen LogP contribution is 2.61. The van der Waals surface area contributed by atoms with Crippen LogP contribution in [0.3, 0.4) is 0 Å². The van der Waals surface area contributed by atoms with E-state index in [0.29, 0.717) is 18.4 Å². The molecule has 2 amide bonds. The lowest BCUT2D eigenvalue weighted by Gasteiger charge is -2.61. The van der Waals surface area contributed by atoms with Gasteiger partial charge in [-0.15, -0.1) is 0 Å². The van der Waals surface area contributed by atoms with E-state index in [1.54, 1.807) is 6.92 Å². The first-order valence-electron chi connectivity index (χ1n) is 11.0. The molecule has 0 radical (unpaired) electrons. The molecule has 5 rings (SSSR count). The summed E-state index contributed by atoms with van der Waals surface area (Å²) in [5.41, 5.74) is 2.00. The maximum Gasteiger partial charge on any atom is 0.226 e. The van der Waals surface area contributed by atoms with Crippen molar-refractivity contribution < 1.29 is 9.59 Å². The molecule has 2 N–H and O–H groups in total. The van der Waals surface area contributed by atoms with Crippen molar-refractivity contribution in [3.05, 3.63) is 35.4 Å². The highest BCUT2D eigenvalue weighted by molar-refractivity contribution is 5.84. The summed E-state index contributed by atoms with van der Waals surface area (Å²) in [6.07, 6.45) is 6.07. The zero-order chi connectivity index (χ0) is 20.8. The Morgan fingerprint density at radius 2 is 1.72 bits per heavy atom. The number of aryl methyl sites for hydroxylation is 1. The Morgan fingerprint density at radius 1 is 1.10 bits per heavy atom. The molecule has 2 unspecified atom stereocenters. The summed E-state index contributed by atoms with van der Waals surface area (Å²) in [6, 6.07) is 8.72. The third-order valence-corrected chi connectivity index (χ3v) is 7.53. The average molecular weight is 398 g/mol. The van der Waals surface area contributed by atoms with Gasteiger partial charge in [0.25, 0.3) is 0 Å². The van der Waals surface area contributed by atoms with Crippen LogP contribution in [0.4, 0.5) is 0 Å². The quantitative estimate of drug-likeness (QED) is 0.775. The van der Waals surface area contributed by atoms with Crippen LogP contribution in [-0.4, -0.2) is 42.9 Å². The summed E-state index contributed by atoms with van der Waals surface area (Å²) in [6.45, 7) is 4.31. The zero-order valence-electron chi connectivity index (χ0n) is 18.3. The molecule has 29 heavy (non-hydrogen) atoms. The normalized spacial score (nSPS) is 33.6. The Hall–Kier alpha value is -1.88. The van der Waals surface area contributed by atoms with Gasteiger partial charge in [-0.05, 0) is 76.9 Å². The number of likely N-dealkylation sites (N-methyl/N-ethyl adjacent to an activating group) is 1. The Labute approximate surface area is 174 Å². The molecule has 0 heterocycles. The van der Waals surface area contributed by atoms with Crippen molar-refractivity contribution in [1.29, 1.82) is 0 Å². The number of carbonyl (C=O) groups excluding carboxylic acids is 2. The maximum atomic E-state index is 13.5. The number of hydrogen-bond acceptors (Lipinski definition) is 3. The lowest BCUT2D eigenvalue weighted by Crippen LogP contribution is -2.65. The summed E-state index contributed by atoms with van der Waals surface area (Å²) < 4.78 is 0. The molecular weight excluding hydrogens is 362 g/mol. The summed E-state index contributed by atoms with van der Waals surface area (Å²) in [5, 5.41) is 6.57. The van der Waals surface area contributed by atoms with Crippen LogP contribution in [0, 0.1) is 24.2 Å². The van der Waals surface area contributed by atoms with Gasteiger partial charge >= 0.3 is 0 Å². The van der Waals surface area contributed by atoms with E-state index in [4.69, 9.17) is 0 Å². The molecule has 0 spiro atoms. The van der Waals surface area contributed by atoms with Gasteiger partial charge < -0.3 is 15.5 Å². The molecule has 4 aliphatic carbocycles. The van der Waals surface area contributed by atoms with Crippen LogP contribution in [0.5, 0.6) is 0 Å². The van der Waals surface area contributed by atoms with Gasteiger partial charge in [0.15, 0.2) is 0 Å². The standard InChI is InChI=1S/C24H35N3O2/c1-16-5-7-20(8-6-16)21(27(3)4)14-25-22(29)23-10-18-9-19(11-23)13-24(12-18,15-23)26-17(2)28/h5-8,18-19,21H,9-15H2,1-4H3,(H,25,29)(H,26,28)/t18-,19+,21-,23?,24?/m0/s1. The van der Waals surface area contributed by atoms with E-state index in [9.17, 15) is 9.59 Å². The van der Waals surface area contributed by atoms with Crippen molar-refractivity contribution in [3.63, 3.8) is 0 Å². The van der Waals surface area contributed by atoms with Crippen molar-refractivity contribution in [2.45, 2.75) is 64.0 Å². The first kappa shape index (κ1) is 20.4. The second-order valence-corrected chi connectivity index (χ2v) is 10.3. The average Bonchev–Trinajstić information content (AvgIpc) is 2.60. The Balaban J connectivity index is 1.49. The molecule has 4 saturated carbocycles. The molecule has 158 valence electrons. The van der Waals surface area contributed by atoms with Gasteiger partial charge in [-0.2, -0.15) is 0 Å². The number of carbonyl (C=O) groups is 2. The van der Waals surface area contributed by atoms with Gasteiger partial charge in [-0.3, -0.25) is 9.59 Å². The van der Waals surface area contributed by atoms with Gasteiger partial charge in [-0.1, -0.05) is 29.8 Å². The second kappa shape index (κ2) is 7.42. The number of nitrogens with one attached hydrogen (secondary N) is 2. The minimum absolute atomic E-state index is 0.0366. The van der Waals surface area contributed by atoms with Crippen molar-refractivity contribution in [2.24, 2.45) is 17.3 Å². The topological polar surface area (TPSA) is 61.4 Å². The molecule has 5 heteroatoms. The van der Waals surface area contributed by atoms with Crippen LogP contribution in [0.25, 0.3) is 0 Å². The van der Waals surface area contributed by atoms with E-state index in [1.807, 2.05) is 0 Å². The number of nitrogens with zero attached hydrogens (tertiary/aromatic N) is 1. The molecule has 4 fully saturated rings. The number of amides is 2. The molecule has 5 nitrogen and oxygen atoms in total. The number of hydrogen-bond donors (Lipinski definition) is 2. The van der Waals surface area contributed by atoms with Crippen molar-refractivity contribution in [2.75, 3.05) is 20.6 Å². The summed E-state index contributed by atoms with van der Waals surface area (Å²) in [5.74, 6) is 1.36. The van der Waals surface area contributed by atoms with E-state index in [2.05, 4.69) is 60.8 Å². The predicted octanol–water partition coefficient (Wildman–Crippen LogP) is 3.19. The van der Waals surface area contributed by atoms with E-state index in [-0.39, 0.29) is 28.8 Å². The highest BCUT2D eigenvalue weighted by atomic mass is 16.2. The fraction of sp³-hybridized carbons (Fsp3) is 0.667. The van der Waals surface area contributed by atoms with E-state index in [1.165, 1.54) is 17.5 Å². The van der Waals surface area contributed by atoms with Crippen LogP contribution in [-0.2, 0) is 9.59 Å². The molecule has 4 aliphatic rings. The zero-order valence-corrected chi connectivity index (χ0v) is 18.3. The third kappa shape index (κ3) is 3.94. The van der Waals surface area contributed by atoms with E-state index < -0.39 is 0 Å². The lowest BCUT2D eigenvalue weighted by molar-refractivity contribution is -0.153. The summed E-state index contributed by atoms with van der Waals surface area (Å²) in [7, 11) is 4.13. The fourth-order valence-corrected chi connectivity index (χ4v) is 6.81. The summed E-state index contributed by atoms with van der Waals surface area (Å²) in [4.78, 5) is 27.5. The molecule has 1 aromatic rings. The SMILES string of the molecule is CC(=O)NC12C[C@H]3C[C@@H](C1)CC(C(=O)NC[C@@H](c1ccc(C)cc1)N(C)C)(C3)C2. The van der Waals surface area contributed by atoms with Crippen molar-refractivity contribution >= 4 is 11.8 Å². The smallest absolute Gasteiger partial charge is 0.226 e. The van der Waals surface area contributed by atoms with Gasteiger partial charge in [0.2, 0.25) is 11.8 Å². The minimum atomic E-state index is -0.309. The van der Waals surface area contributed by atoms with Crippen LogP contribution in [0.1, 0.15) is 62.6 Å². The van der Waals surface area contributed by atoms with Crippen LogP contribution in [0.2, 0.25) is 0 Å². The van der Waals surface area contributed by atoms with Gasteiger partial charge in [0.1, 0.15) is 0 Å². The van der Waals surface area contributed by atoms with Crippen LogP contribution < -0.4 is 10.6 Å². The molecule has 0 aliphatic heterocycles. The first-order valence-corrected chi connectivity index (χ1v) is 11.0. The molecule has 5 atom stereocenters. The third-order valence-electron chi connectivity index (χ3n) is 7.53. The largest absolute Gasteiger partial charge is 0.354 e. The molecular formula is C24H35N3O2. The second-order valence-electron chi connectivity index (χ2n) is 10.3. The number of benzene rings is 1. The molecule has 0 aromatic heterocycles. The van der Waals surface area contributed by atoms with Crippen LogP contribution >= 0.6 is 0 Å². The Bertz CT molecular complexity index is 772. The molecule has 4 bridgehead atoms. The minimum Gasteiger partial charge on any atom is -0.354 e. The van der Waals surface area contributed by atoms with Crippen molar-refractivity contribution in [1.82, 2.24) is 15.5 Å². The molecule has 1 aromatic carbocycles. The van der Waals surface area contributed by atoms with E-state index >= 15 is 0 Å². The Morgan fingerprint density at radius 3 is 2.28 bits per heavy atom. The predicted molar refractivity (Wildman–Crippen MR) is 114 cm³/mol. The lowest BCUT2D eigenvalue weighted by atomic mass is 9.46. The van der Waals surface area contributed by atoms with E-state index in [0.717, 1.165) is 32.1 Å². The summed E-state index contributed by atoms with van der Waals surface area (Å²) >= 11 is 0. The molecule has 0 saturated heterocycles. The highest BCUT2D eigenvalue weighted by Gasteiger charge is 2.60. The maximum absolute atomic E-state index is 13.5. The first-order chi connectivity index (χ1) is 13.7. The van der Waals surface area contributed by atoms with Gasteiger partial charge in [0.05, 0.1) is 11.5 Å². The number of rotatable bonds is 6. The van der Waals surface area contributed by atoms with Gasteiger partial charge in [0, 0.05) is 19.0 Å². The Kier molecular flexibility index (Phi) is 5.22. The van der Waals surface area contributed by atoms with Crippen molar-refractivity contribution in [3.8, 4) is 0 Å². The monoisotopic (exact) mass is 397 g/mol. The van der Waals surface area contributed by atoms with Gasteiger partial charge in [-0.25, -0.2) is 0 Å². The fourth-order valence-electron chi connectivity index (χ4n) is 6.81.